The van der Waals surface area contributed by atoms with E-state index >= 15 is 0 Å². The number of aromatic nitrogens is 1. The summed E-state index contributed by atoms with van der Waals surface area (Å²) in [7, 11) is 1.35. The fourth-order valence-electron chi connectivity index (χ4n) is 3.25. The number of benzene rings is 3. The molecule has 1 amide bonds. The summed E-state index contributed by atoms with van der Waals surface area (Å²) in [6.07, 6.45) is 5.40. The van der Waals surface area contributed by atoms with Crippen LogP contribution in [0.15, 0.2) is 102 Å². The number of nitrogens with zero attached hydrogens (tertiary/aromatic N) is 2. The van der Waals surface area contributed by atoms with Crippen molar-refractivity contribution in [3.8, 4) is 11.4 Å². The summed E-state index contributed by atoms with van der Waals surface area (Å²) < 4.78 is 12.5. The summed E-state index contributed by atoms with van der Waals surface area (Å²) in [4.78, 5) is 24.0. The van der Waals surface area contributed by atoms with Gasteiger partial charge in [-0.2, -0.15) is 5.10 Å². The molecule has 7 nitrogen and oxygen atoms in total. The molecule has 0 aliphatic heterocycles. The van der Waals surface area contributed by atoms with Crippen LogP contribution in [0.25, 0.3) is 5.69 Å². The van der Waals surface area contributed by atoms with Crippen LogP contribution in [-0.2, 0) is 11.3 Å². The van der Waals surface area contributed by atoms with E-state index < -0.39 is 0 Å². The maximum absolute atomic E-state index is 12.5. The molecule has 0 aliphatic carbocycles. The van der Waals surface area contributed by atoms with Crippen LogP contribution in [-0.4, -0.2) is 29.8 Å². The molecule has 7 heteroatoms. The van der Waals surface area contributed by atoms with Crippen molar-refractivity contribution in [2.45, 2.75) is 6.61 Å². The Morgan fingerprint density at radius 2 is 1.68 bits per heavy atom. The Kier molecular flexibility index (Phi) is 7.15. The van der Waals surface area contributed by atoms with Crippen molar-refractivity contribution in [2.24, 2.45) is 5.10 Å². The number of hydrogen-bond donors (Lipinski definition) is 1. The van der Waals surface area contributed by atoms with Gasteiger partial charge in [0.05, 0.1) is 18.9 Å². The predicted molar refractivity (Wildman–Crippen MR) is 129 cm³/mol. The highest BCUT2D eigenvalue weighted by atomic mass is 16.5. The number of amides is 1. The van der Waals surface area contributed by atoms with Crippen molar-refractivity contribution in [2.75, 3.05) is 7.11 Å². The van der Waals surface area contributed by atoms with Crippen molar-refractivity contribution in [1.82, 2.24) is 9.99 Å². The van der Waals surface area contributed by atoms with E-state index in [4.69, 9.17) is 9.47 Å². The molecular formula is C27H23N3O4. The molecule has 0 atom stereocenters. The van der Waals surface area contributed by atoms with E-state index in [-0.39, 0.29) is 11.9 Å². The third-order valence-electron chi connectivity index (χ3n) is 5.03. The normalized spacial score (nSPS) is 10.7. The molecule has 0 unspecified atom stereocenters. The molecule has 1 N–H and O–H groups in total. The summed E-state index contributed by atoms with van der Waals surface area (Å²) in [6, 6.07) is 25.6. The van der Waals surface area contributed by atoms with Crippen LogP contribution in [0.4, 0.5) is 0 Å². The number of nitrogens with one attached hydrogen (secondary N) is 1. The molecule has 4 rings (SSSR count). The standard InChI is InChI=1S/C27H23N3O4/c1-33-27(32)22-12-10-20(11-13-22)19-34-25-9-4-6-21(16-25)18-28-29-26(31)23-7-5-8-24(17-23)30-14-2-3-15-30/h2-18H,19H2,1H3,(H,29,31). The number of carbonyl (C=O) groups is 2. The minimum atomic E-state index is -0.375. The number of esters is 1. The van der Waals surface area contributed by atoms with Crippen molar-refractivity contribution < 1.29 is 19.1 Å². The first-order valence-corrected chi connectivity index (χ1v) is 10.6. The van der Waals surface area contributed by atoms with Crippen molar-refractivity contribution in [3.63, 3.8) is 0 Å². The first kappa shape index (κ1) is 22.5. The zero-order chi connectivity index (χ0) is 23.8. The molecule has 0 spiro atoms. The summed E-state index contributed by atoms with van der Waals surface area (Å²) in [5.41, 5.74) is 6.15. The number of methoxy groups -OCH3 is 1. The fraction of sp³-hybridized carbons (Fsp3) is 0.0741. The SMILES string of the molecule is COC(=O)c1ccc(COc2cccc(C=NNC(=O)c3cccc(-n4cccc4)c3)c2)cc1. The van der Waals surface area contributed by atoms with Gasteiger partial charge in [0.1, 0.15) is 12.4 Å². The lowest BCUT2D eigenvalue weighted by molar-refractivity contribution is 0.0600. The second kappa shape index (κ2) is 10.8. The van der Waals surface area contributed by atoms with Gasteiger partial charge in [-0.3, -0.25) is 4.79 Å². The number of rotatable bonds is 8. The van der Waals surface area contributed by atoms with Crippen LogP contribution in [0.3, 0.4) is 0 Å². The van der Waals surface area contributed by atoms with Crippen LogP contribution in [0.1, 0.15) is 31.8 Å². The second-order valence-electron chi connectivity index (χ2n) is 7.39. The van der Waals surface area contributed by atoms with Gasteiger partial charge in [0, 0.05) is 23.6 Å². The zero-order valence-corrected chi connectivity index (χ0v) is 18.5. The largest absolute Gasteiger partial charge is 0.489 e. The molecule has 1 aromatic heterocycles. The molecule has 34 heavy (non-hydrogen) atoms. The Morgan fingerprint density at radius 1 is 0.912 bits per heavy atom. The van der Waals surface area contributed by atoms with Crippen LogP contribution in [0, 0.1) is 0 Å². The molecule has 0 fully saturated rings. The summed E-state index contributed by atoms with van der Waals surface area (Å²) >= 11 is 0. The van der Waals surface area contributed by atoms with E-state index in [1.165, 1.54) is 7.11 Å². The van der Waals surface area contributed by atoms with Crippen LogP contribution in [0.2, 0.25) is 0 Å². The van der Waals surface area contributed by atoms with Gasteiger partial charge >= 0.3 is 5.97 Å². The summed E-state index contributed by atoms with van der Waals surface area (Å²) in [5.74, 6) is -0.0139. The highest BCUT2D eigenvalue weighted by Crippen LogP contribution is 2.15. The number of hydrazone groups is 1. The van der Waals surface area contributed by atoms with Gasteiger partial charge in [0.2, 0.25) is 0 Å². The second-order valence-corrected chi connectivity index (χ2v) is 7.39. The van der Waals surface area contributed by atoms with E-state index in [1.54, 1.807) is 30.5 Å². The minimum absolute atomic E-state index is 0.298. The van der Waals surface area contributed by atoms with Crippen LogP contribution < -0.4 is 10.2 Å². The topological polar surface area (TPSA) is 81.9 Å². The maximum atomic E-state index is 12.5. The first-order valence-electron chi connectivity index (χ1n) is 10.6. The molecular weight excluding hydrogens is 430 g/mol. The quantitative estimate of drug-likeness (QED) is 0.240. The van der Waals surface area contributed by atoms with E-state index in [0.717, 1.165) is 16.8 Å². The average Bonchev–Trinajstić information content (AvgIpc) is 3.43. The lowest BCUT2D eigenvalue weighted by atomic mass is 10.1. The highest BCUT2D eigenvalue weighted by molar-refractivity contribution is 5.95. The van der Waals surface area contributed by atoms with Crippen molar-refractivity contribution >= 4 is 18.1 Å². The third kappa shape index (κ3) is 5.77. The minimum Gasteiger partial charge on any atom is -0.489 e. The van der Waals surface area contributed by atoms with Gasteiger partial charge in [-0.25, -0.2) is 10.2 Å². The molecule has 0 saturated carbocycles. The molecule has 1 heterocycles. The van der Waals surface area contributed by atoms with E-state index in [0.29, 0.717) is 23.5 Å². The van der Waals surface area contributed by atoms with Crippen molar-refractivity contribution in [1.29, 1.82) is 0 Å². The van der Waals surface area contributed by atoms with E-state index in [9.17, 15) is 9.59 Å². The molecule has 4 aromatic rings. The maximum Gasteiger partial charge on any atom is 0.337 e. The molecule has 0 aliphatic rings. The number of carbonyl (C=O) groups excluding carboxylic acids is 2. The Hall–Kier alpha value is -4.65. The van der Waals surface area contributed by atoms with E-state index in [2.05, 4.69) is 10.5 Å². The number of hydrogen-bond acceptors (Lipinski definition) is 5. The lowest BCUT2D eigenvalue weighted by Gasteiger charge is -2.08. The average molecular weight is 453 g/mol. The zero-order valence-electron chi connectivity index (χ0n) is 18.5. The smallest absolute Gasteiger partial charge is 0.337 e. The van der Waals surface area contributed by atoms with Crippen molar-refractivity contribution in [3.05, 3.63) is 120 Å². The Morgan fingerprint density at radius 3 is 2.44 bits per heavy atom. The third-order valence-corrected chi connectivity index (χ3v) is 5.03. The van der Waals surface area contributed by atoms with Crippen LogP contribution >= 0.6 is 0 Å². The highest BCUT2D eigenvalue weighted by Gasteiger charge is 2.06. The van der Waals surface area contributed by atoms with Gasteiger partial charge in [0.25, 0.3) is 5.91 Å². The fourth-order valence-corrected chi connectivity index (χ4v) is 3.25. The van der Waals surface area contributed by atoms with Gasteiger partial charge < -0.3 is 14.0 Å². The molecule has 0 radical (unpaired) electrons. The van der Waals surface area contributed by atoms with Gasteiger partial charge in [-0.05, 0) is 65.7 Å². The summed E-state index contributed by atoms with van der Waals surface area (Å²) in [6.45, 7) is 0.344. The Labute approximate surface area is 197 Å². The Bertz CT molecular complexity index is 1300. The molecule has 3 aromatic carbocycles. The monoisotopic (exact) mass is 453 g/mol. The van der Waals surface area contributed by atoms with Gasteiger partial charge in [-0.15, -0.1) is 0 Å². The molecule has 0 saturated heterocycles. The van der Waals surface area contributed by atoms with Gasteiger partial charge in [-0.1, -0.05) is 30.3 Å². The van der Waals surface area contributed by atoms with E-state index in [1.807, 2.05) is 77.6 Å². The van der Waals surface area contributed by atoms with Crippen LogP contribution in [0.5, 0.6) is 5.75 Å². The summed E-state index contributed by atoms with van der Waals surface area (Å²) in [5, 5.41) is 4.07. The van der Waals surface area contributed by atoms with Gasteiger partial charge in [0.15, 0.2) is 0 Å². The Balaban J connectivity index is 1.33. The predicted octanol–water partition coefficient (Wildman–Crippen LogP) is 4.61. The first-order chi connectivity index (χ1) is 16.6. The lowest BCUT2D eigenvalue weighted by Crippen LogP contribution is -2.17. The number of ether oxygens (including phenoxy) is 2. The molecule has 170 valence electrons. The molecule has 0 bridgehead atoms.